The number of benzene rings is 2. The van der Waals surface area contributed by atoms with Crippen molar-refractivity contribution in [3.8, 4) is 5.75 Å². The highest BCUT2D eigenvalue weighted by Crippen LogP contribution is 2.52. The molecule has 1 unspecified atom stereocenters. The van der Waals surface area contributed by atoms with E-state index in [-0.39, 0.29) is 32.3 Å². The molecule has 2 rings (SSSR count). The van der Waals surface area contributed by atoms with Crippen molar-refractivity contribution in [1.29, 1.82) is 0 Å². The van der Waals surface area contributed by atoms with Crippen molar-refractivity contribution in [3.05, 3.63) is 57.0 Å². The quantitative estimate of drug-likeness (QED) is 0.166. The van der Waals surface area contributed by atoms with Crippen LogP contribution in [-0.2, 0) is 26.5 Å². The second-order valence-electron chi connectivity index (χ2n) is 15.9. The second kappa shape index (κ2) is 15.1. The number of hydrogen-bond acceptors (Lipinski definition) is 6. The molecule has 1 N–H and O–H groups in total. The normalized spacial score (nSPS) is 13.9. The molecule has 248 valence electrons. The number of nitrogens with zero attached hydrogens (tertiary/aromatic N) is 1. The van der Waals surface area contributed by atoms with Gasteiger partial charge in [0.05, 0.1) is 11.1 Å². The molecule has 0 saturated heterocycles. The summed E-state index contributed by atoms with van der Waals surface area (Å²) in [5.74, 6) is -0.248. The Bertz CT molecular complexity index is 1220. The lowest BCUT2D eigenvalue weighted by Crippen LogP contribution is -2.23. The zero-order valence-corrected chi connectivity index (χ0v) is 32.0. The molecule has 1 atom stereocenters. The maximum Gasteiger partial charge on any atom is 0.341 e. The zero-order valence-electron chi connectivity index (χ0n) is 30.4. The van der Waals surface area contributed by atoms with Crippen LogP contribution in [0.2, 0.25) is 0 Å². The van der Waals surface area contributed by atoms with Gasteiger partial charge in [0.15, 0.2) is 6.61 Å². The first kappa shape index (κ1) is 40.0. The van der Waals surface area contributed by atoms with E-state index < -0.39 is 5.97 Å². The summed E-state index contributed by atoms with van der Waals surface area (Å²) in [6.45, 7) is 33.5. The Morgan fingerprint density at radius 2 is 1.05 bits per heavy atom. The third kappa shape index (κ3) is 11.4. The summed E-state index contributed by atoms with van der Waals surface area (Å²) in [7, 11) is 1.19. The lowest BCUT2D eigenvalue weighted by molar-refractivity contribution is -0.139. The predicted octanol–water partition coefficient (Wildman–Crippen LogP) is 11.4. The van der Waals surface area contributed by atoms with Crippen LogP contribution in [0.1, 0.15) is 138 Å². The molecule has 0 aliphatic carbocycles. The molecule has 0 aliphatic rings. The average Bonchev–Trinajstić information content (AvgIpc) is 2.81. The predicted molar refractivity (Wildman–Crippen MR) is 192 cm³/mol. The van der Waals surface area contributed by atoms with Gasteiger partial charge in [-0.25, -0.2) is 4.79 Å². The molecule has 0 spiro atoms. The largest absolute Gasteiger partial charge is 0.481 e. The molecule has 0 bridgehead atoms. The van der Waals surface area contributed by atoms with Gasteiger partial charge in [-0.15, -0.1) is 23.5 Å². The second-order valence-corrected chi connectivity index (χ2v) is 19.4. The van der Waals surface area contributed by atoms with Crippen molar-refractivity contribution >= 4 is 29.5 Å². The van der Waals surface area contributed by atoms with Gasteiger partial charge in [-0.2, -0.15) is 4.91 Å². The number of carbonyl (C=O) groups is 1. The fourth-order valence-electron chi connectivity index (χ4n) is 5.45. The Balaban J connectivity index is 0.00000309. The van der Waals surface area contributed by atoms with Crippen LogP contribution in [0.3, 0.4) is 0 Å². The Morgan fingerprint density at radius 3 is 1.32 bits per heavy atom. The smallest absolute Gasteiger partial charge is 0.341 e. The molecule has 2 aromatic carbocycles. The molecule has 2 aromatic rings. The van der Waals surface area contributed by atoms with Gasteiger partial charge in [0.25, 0.3) is 0 Å². The molecule has 0 fully saturated rings. The minimum atomic E-state index is -0.961. The molecule has 7 heteroatoms. The number of nitroso groups, excluding NO2 is 1. The molecular weight excluding hydrogens is 587 g/mol. The summed E-state index contributed by atoms with van der Waals surface area (Å²) < 4.78 is 5.90. The number of aliphatic carboxylic acids is 1. The molecule has 0 aromatic heterocycles. The maximum atomic E-state index is 11.5. The lowest BCUT2D eigenvalue weighted by atomic mass is 9.77. The first-order valence-corrected chi connectivity index (χ1v) is 17.2. The Hall–Kier alpha value is -1.99. The van der Waals surface area contributed by atoms with Gasteiger partial charge in [-0.3, -0.25) is 0 Å². The number of carboxylic acids is 1. The molecular formula is C37H59NO4S2. The van der Waals surface area contributed by atoms with E-state index in [0.717, 1.165) is 24.0 Å². The van der Waals surface area contributed by atoms with Crippen LogP contribution < -0.4 is 4.74 Å². The monoisotopic (exact) mass is 645 g/mol. The van der Waals surface area contributed by atoms with Gasteiger partial charge in [0.1, 0.15) is 5.75 Å². The van der Waals surface area contributed by atoms with E-state index in [2.05, 4.69) is 133 Å². The molecule has 5 nitrogen and oxygen atoms in total. The van der Waals surface area contributed by atoms with Crippen LogP contribution >= 0.6 is 23.5 Å². The Labute approximate surface area is 277 Å². The van der Waals surface area contributed by atoms with Crippen molar-refractivity contribution in [2.45, 2.75) is 152 Å². The van der Waals surface area contributed by atoms with Crippen LogP contribution in [0.4, 0.5) is 0 Å². The van der Waals surface area contributed by atoms with E-state index >= 15 is 0 Å². The first-order valence-electron chi connectivity index (χ1n) is 15.6. The van der Waals surface area contributed by atoms with Gasteiger partial charge in [-0.1, -0.05) is 102 Å². The van der Waals surface area contributed by atoms with Crippen LogP contribution in [0.25, 0.3) is 0 Å². The lowest BCUT2D eigenvalue weighted by Gasteiger charge is -2.34. The van der Waals surface area contributed by atoms with Crippen molar-refractivity contribution in [1.82, 2.24) is 0 Å². The number of ether oxygens (including phenoxy) is 1. The summed E-state index contributed by atoms with van der Waals surface area (Å²) >= 11 is 3.90. The molecule has 0 aliphatic heterocycles. The van der Waals surface area contributed by atoms with Crippen molar-refractivity contribution in [2.24, 2.45) is 5.18 Å². The van der Waals surface area contributed by atoms with E-state index in [0.29, 0.717) is 5.75 Å². The van der Waals surface area contributed by atoms with Crippen LogP contribution in [0.15, 0.2) is 39.2 Å². The Kier molecular flexibility index (Phi) is 13.7. The highest BCUT2D eigenvalue weighted by molar-refractivity contribution is 8.18. The summed E-state index contributed by atoms with van der Waals surface area (Å²) in [4.78, 5) is 22.5. The van der Waals surface area contributed by atoms with Crippen molar-refractivity contribution in [3.63, 3.8) is 0 Å². The fourth-order valence-corrected chi connectivity index (χ4v) is 8.51. The average molecular weight is 646 g/mol. The number of rotatable bonds is 9. The van der Waals surface area contributed by atoms with Crippen molar-refractivity contribution < 1.29 is 14.6 Å². The van der Waals surface area contributed by atoms with Crippen molar-refractivity contribution in [2.75, 3.05) is 13.7 Å². The van der Waals surface area contributed by atoms with E-state index in [1.54, 1.807) is 0 Å². The number of thioether (sulfide) groups is 2. The first-order chi connectivity index (χ1) is 19.8. The minimum Gasteiger partial charge on any atom is -0.481 e. The molecule has 44 heavy (non-hydrogen) atoms. The number of carboxylic acid groups (broad SMARTS) is 1. The van der Waals surface area contributed by atoms with Crippen LogP contribution in [0, 0.1) is 11.8 Å². The van der Waals surface area contributed by atoms with E-state index in [1.807, 2.05) is 23.5 Å². The molecule has 0 heterocycles. The minimum absolute atomic E-state index is 0.0595. The van der Waals surface area contributed by atoms with E-state index in [1.165, 1.54) is 33.5 Å². The zero-order chi connectivity index (χ0) is 34.5. The van der Waals surface area contributed by atoms with Gasteiger partial charge in [-0.05, 0) is 82.9 Å². The topological polar surface area (TPSA) is 76.0 Å². The third-order valence-corrected chi connectivity index (χ3v) is 10.1. The maximum absolute atomic E-state index is 11.5. The molecule has 0 amide bonds. The highest BCUT2D eigenvalue weighted by atomic mass is 32.2. The Morgan fingerprint density at radius 1 is 0.727 bits per heavy atom. The summed E-state index contributed by atoms with van der Waals surface area (Å²) in [6, 6.07) is 9.32. The summed E-state index contributed by atoms with van der Waals surface area (Å²) in [6.07, 6.45) is 2.14. The van der Waals surface area contributed by atoms with Gasteiger partial charge in [0.2, 0.25) is 0 Å². The fraction of sp³-hybridized carbons (Fsp3) is 0.649. The standard InChI is InChI=1S/C36H56O3S2.CH3NO/c1-16-17-36(15,40-24-18-26(32(3,4)5)23(2)27(19-24)33(6,7)8)41-25-20-28(34(9,10)11)31(39-22-30(37)38)29(21-25)35(12,13)14;1-2-3/h18-21H,16-17,22H2,1-15H3,(H,37,38);1H3. The SMILES string of the molecule is CCCC(C)(Sc1cc(C(C)(C)C)c(C)c(C(C)(C)C)c1)Sc1cc(C(C)(C)C)c(OCC(=O)O)c(C(C)(C)C)c1.CN=O. The van der Waals surface area contributed by atoms with Crippen LogP contribution in [0.5, 0.6) is 5.75 Å². The van der Waals surface area contributed by atoms with E-state index in [9.17, 15) is 9.90 Å². The summed E-state index contributed by atoms with van der Waals surface area (Å²) in [5.41, 5.74) is 6.05. The van der Waals surface area contributed by atoms with Crippen LogP contribution in [-0.4, -0.2) is 28.8 Å². The van der Waals surface area contributed by atoms with Gasteiger partial charge in [0, 0.05) is 20.9 Å². The van der Waals surface area contributed by atoms with E-state index in [4.69, 9.17) is 9.64 Å². The molecule has 0 saturated carbocycles. The third-order valence-electron chi connectivity index (χ3n) is 7.39. The van der Waals surface area contributed by atoms with Gasteiger partial charge < -0.3 is 9.84 Å². The van der Waals surface area contributed by atoms with Gasteiger partial charge >= 0.3 is 5.97 Å². The highest BCUT2D eigenvalue weighted by Gasteiger charge is 2.33. The number of hydrogen-bond donors (Lipinski definition) is 1. The molecule has 0 radical (unpaired) electrons. The summed E-state index contributed by atoms with van der Waals surface area (Å²) in [5, 5.41) is 11.6.